The highest BCUT2D eigenvalue weighted by atomic mass is 16.5. The second-order valence-corrected chi connectivity index (χ2v) is 9.80. The normalized spacial score (nSPS) is 11.3. The number of nitrogens with zero attached hydrogens (tertiary/aromatic N) is 3. The van der Waals surface area contributed by atoms with Gasteiger partial charge in [0, 0.05) is 49.8 Å². The van der Waals surface area contributed by atoms with Gasteiger partial charge >= 0.3 is 6.03 Å². The van der Waals surface area contributed by atoms with Gasteiger partial charge in [-0.1, -0.05) is 32.9 Å². The Balaban J connectivity index is 1.44. The smallest absolute Gasteiger partial charge is 0.324 e. The molecule has 9 heteroatoms. The Morgan fingerprint density at radius 2 is 1.61 bits per heavy atom. The Hall–Kier alpha value is -4.21. The standard InChI is InChI=1S/C29H34N6O3/c1-29(2,3)26-19-27(35(34-26)23-9-5-21(6-10-23)20-31-17-18-37-4)33-28(36)32-22-7-11-24(12-8-22)38-25-13-15-30-16-14-25/h5-16,19,31H,17-18,20H2,1-4H3,(H2,32,33,36). The molecule has 0 saturated heterocycles. The molecule has 2 amide bonds. The number of aromatic nitrogens is 3. The highest BCUT2D eigenvalue weighted by Gasteiger charge is 2.21. The van der Waals surface area contributed by atoms with E-state index in [1.807, 2.05) is 30.3 Å². The van der Waals surface area contributed by atoms with Crippen molar-refractivity contribution in [3.05, 3.63) is 90.4 Å². The average Bonchev–Trinajstić information content (AvgIpc) is 3.33. The topological polar surface area (TPSA) is 102 Å². The van der Waals surface area contributed by atoms with E-state index in [1.165, 1.54) is 0 Å². The molecule has 0 bridgehead atoms. The van der Waals surface area contributed by atoms with Crippen LogP contribution in [0.3, 0.4) is 0 Å². The third-order valence-corrected chi connectivity index (χ3v) is 5.71. The molecule has 2 aromatic carbocycles. The summed E-state index contributed by atoms with van der Waals surface area (Å²) in [5.74, 6) is 1.93. The van der Waals surface area contributed by atoms with Crippen LogP contribution in [-0.2, 0) is 16.7 Å². The van der Waals surface area contributed by atoms with Gasteiger partial charge in [0.2, 0.25) is 0 Å². The minimum Gasteiger partial charge on any atom is -0.457 e. The first-order valence-electron chi connectivity index (χ1n) is 12.5. The first-order valence-corrected chi connectivity index (χ1v) is 12.5. The molecule has 0 aliphatic heterocycles. The van der Waals surface area contributed by atoms with E-state index in [1.54, 1.807) is 60.6 Å². The van der Waals surface area contributed by atoms with Crippen LogP contribution in [0.25, 0.3) is 5.69 Å². The minimum atomic E-state index is -0.367. The van der Waals surface area contributed by atoms with Crippen LogP contribution in [0.5, 0.6) is 11.5 Å². The molecular weight excluding hydrogens is 480 g/mol. The van der Waals surface area contributed by atoms with Crippen molar-refractivity contribution in [3.8, 4) is 17.2 Å². The van der Waals surface area contributed by atoms with Crippen LogP contribution in [0, 0.1) is 0 Å². The molecule has 2 heterocycles. The Bertz CT molecular complexity index is 1310. The van der Waals surface area contributed by atoms with Gasteiger partial charge in [0.15, 0.2) is 0 Å². The zero-order valence-electron chi connectivity index (χ0n) is 22.2. The van der Waals surface area contributed by atoms with Gasteiger partial charge in [0.05, 0.1) is 18.0 Å². The second kappa shape index (κ2) is 12.4. The molecule has 198 valence electrons. The molecule has 38 heavy (non-hydrogen) atoms. The van der Waals surface area contributed by atoms with Crippen LogP contribution in [0.1, 0.15) is 32.0 Å². The molecule has 0 unspecified atom stereocenters. The van der Waals surface area contributed by atoms with Crippen molar-refractivity contribution in [2.75, 3.05) is 30.9 Å². The molecule has 2 aromatic heterocycles. The van der Waals surface area contributed by atoms with Gasteiger partial charge < -0.3 is 20.1 Å². The summed E-state index contributed by atoms with van der Waals surface area (Å²) in [6.45, 7) is 8.48. The fourth-order valence-corrected chi connectivity index (χ4v) is 3.62. The number of carbonyl (C=O) groups excluding carboxylic acids is 1. The second-order valence-electron chi connectivity index (χ2n) is 9.80. The average molecular weight is 515 g/mol. The third kappa shape index (κ3) is 7.41. The van der Waals surface area contributed by atoms with Crippen LogP contribution < -0.4 is 20.7 Å². The van der Waals surface area contributed by atoms with Gasteiger partial charge in [-0.05, 0) is 54.1 Å². The van der Waals surface area contributed by atoms with E-state index in [-0.39, 0.29) is 11.4 Å². The van der Waals surface area contributed by atoms with Crippen molar-refractivity contribution < 1.29 is 14.3 Å². The van der Waals surface area contributed by atoms with Crippen molar-refractivity contribution in [2.45, 2.75) is 32.7 Å². The SMILES string of the molecule is COCCNCc1ccc(-n2nc(C(C)(C)C)cc2NC(=O)Nc2ccc(Oc3ccncc3)cc2)cc1. The zero-order chi connectivity index (χ0) is 27.0. The Morgan fingerprint density at radius 1 is 0.921 bits per heavy atom. The van der Waals surface area contributed by atoms with Crippen molar-refractivity contribution in [1.29, 1.82) is 0 Å². The summed E-state index contributed by atoms with van der Waals surface area (Å²) in [5.41, 5.74) is 3.33. The molecule has 0 aliphatic rings. The predicted octanol–water partition coefficient (Wildman–Crippen LogP) is 5.74. The van der Waals surface area contributed by atoms with Crippen molar-refractivity contribution in [2.24, 2.45) is 0 Å². The summed E-state index contributed by atoms with van der Waals surface area (Å²) < 4.78 is 12.6. The van der Waals surface area contributed by atoms with Crippen LogP contribution in [-0.4, -0.2) is 41.1 Å². The molecule has 0 radical (unpaired) electrons. The number of benzene rings is 2. The highest BCUT2D eigenvalue weighted by Crippen LogP contribution is 2.27. The van der Waals surface area contributed by atoms with Gasteiger partial charge in [-0.25, -0.2) is 9.48 Å². The Kier molecular flexibility index (Phi) is 8.73. The molecule has 3 N–H and O–H groups in total. The van der Waals surface area contributed by atoms with E-state index in [0.717, 1.165) is 30.0 Å². The monoisotopic (exact) mass is 514 g/mol. The lowest BCUT2D eigenvalue weighted by molar-refractivity contribution is 0.199. The van der Waals surface area contributed by atoms with Gasteiger partial charge in [0.25, 0.3) is 0 Å². The van der Waals surface area contributed by atoms with E-state index in [4.69, 9.17) is 14.6 Å². The van der Waals surface area contributed by atoms with Crippen molar-refractivity contribution >= 4 is 17.5 Å². The number of urea groups is 1. The lowest BCUT2D eigenvalue weighted by Gasteiger charge is -2.14. The summed E-state index contributed by atoms with van der Waals surface area (Å²) in [6, 6.07) is 20.4. The summed E-state index contributed by atoms with van der Waals surface area (Å²) in [6.07, 6.45) is 3.34. The van der Waals surface area contributed by atoms with Gasteiger partial charge in [-0.15, -0.1) is 0 Å². The van der Waals surface area contributed by atoms with E-state index >= 15 is 0 Å². The molecular formula is C29H34N6O3. The molecule has 9 nitrogen and oxygen atoms in total. The number of ether oxygens (including phenoxy) is 2. The van der Waals surface area contributed by atoms with Gasteiger partial charge in [0.1, 0.15) is 17.3 Å². The summed E-state index contributed by atoms with van der Waals surface area (Å²) >= 11 is 0. The molecule has 0 spiro atoms. The van der Waals surface area contributed by atoms with E-state index < -0.39 is 0 Å². The number of hydrogen-bond acceptors (Lipinski definition) is 6. The van der Waals surface area contributed by atoms with Crippen LogP contribution in [0.15, 0.2) is 79.1 Å². The maximum Gasteiger partial charge on any atom is 0.324 e. The van der Waals surface area contributed by atoms with Gasteiger partial charge in [-0.3, -0.25) is 10.3 Å². The number of pyridine rings is 1. The third-order valence-electron chi connectivity index (χ3n) is 5.71. The summed E-state index contributed by atoms with van der Waals surface area (Å²) in [4.78, 5) is 16.9. The van der Waals surface area contributed by atoms with Crippen molar-refractivity contribution in [1.82, 2.24) is 20.1 Å². The van der Waals surface area contributed by atoms with Gasteiger partial charge in [-0.2, -0.15) is 5.10 Å². The maximum absolute atomic E-state index is 12.9. The number of anilines is 2. The number of methoxy groups -OCH3 is 1. The number of carbonyl (C=O) groups is 1. The van der Waals surface area contributed by atoms with Crippen LogP contribution >= 0.6 is 0 Å². The Labute approximate surface area is 223 Å². The fraction of sp³-hybridized carbons (Fsp3) is 0.276. The summed E-state index contributed by atoms with van der Waals surface area (Å²) in [5, 5.41) is 14.0. The van der Waals surface area contributed by atoms with E-state index in [0.29, 0.717) is 29.6 Å². The maximum atomic E-state index is 12.9. The lowest BCUT2D eigenvalue weighted by atomic mass is 9.92. The van der Waals surface area contributed by atoms with Crippen LogP contribution in [0.2, 0.25) is 0 Å². The van der Waals surface area contributed by atoms with Crippen molar-refractivity contribution in [3.63, 3.8) is 0 Å². The molecule has 0 saturated carbocycles. The number of rotatable bonds is 10. The molecule has 4 rings (SSSR count). The lowest BCUT2D eigenvalue weighted by Crippen LogP contribution is -2.21. The molecule has 0 atom stereocenters. The summed E-state index contributed by atoms with van der Waals surface area (Å²) in [7, 11) is 1.69. The minimum absolute atomic E-state index is 0.186. The number of hydrogen-bond donors (Lipinski definition) is 3. The molecule has 4 aromatic rings. The largest absolute Gasteiger partial charge is 0.457 e. The first-order chi connectivity index (χ1) is 18.3. The first kappa shape index (κ1) is 26.8. The predicted molar refractivity (Wildman–Crippen MR) is 149 cm³/mol. The highest BCUT2D eigenvalue weighted by molar-refractivity contribution is 5.99. The Morgan fingerprint density at radius 3 is 2.26 bits per heavy atom. The fourth-order valence-electron chi connectivity index (χ4n) is 3.62. The van der Waals surface area contributed by atoms with E-state index in [2.05, 4.69) is 41.7 Å². The van der Waals surface area contributed by atoms with Crippen LogP contribution in [0.4, 0.5) is 16.3 Å². The molecule has 0 aliphatic carbocycles. The zero-order valence-corrected chi connectivity index (χ0v) is 22.2. The number of amides is 2. The molecule has 0 fully saturated rings. The quantitative estimate of drug-likeness (QED) is 0.233. The van der Waals surface area contributed by atoms with E-state index in [9.17, 15) is 4.79 Å². The number of nitrogens with one attached hydrogen (secondary N) is 3.